The van der Waals surface area contributed by atoms with E-state index in [1.807, 2.05) is 38.0 Å². The van der Waals surface area contributed by atoms with Crippen molar-refractivity contribution in [1.82, 2.24) is 69.3 Å². The van der Waals surface area contributed by atoms with Gasteiger partial charge >= 0.3 is 6.03 Å². The Hall–Kier alpha value is -5.81. The zero-order valence-electron chi connectivity index (χ0n) is 42.3. The Balaban J connectivity index is 0.823. The molecular formula is C46H70N18O9. The summed E-state index contributed by atoms with van der Waals surface area (Å²) in [6, 6.07) is 0.311. The normalized spacial score (nSPS) is 30.0. The van der Waals surface area contributed by atoms with Gasteiger partial charge < -0.3 is 80.6 Å². The van der Waals surface area contributed by atoms with Crippen LogP contribution in [0.2, 0.25) is 0 Å². The second-order valence-corrected chi connectivity index (χ2v) is 20.5. The van der Waals surface area contributed by atoms with E-state index < -0.39 is 60.9 Å². The standard InChI is InChI=1S/C46H70N18O9/c1-7-47-40(69)34-30(65)32(67)42(72-34)63-22-49-28-36(53-44(55-38(28)63)60-17-12-26(20-60)57(3)4)51-24-9-14-59(15-10-24)46(71)62-16-11-25(19-62)52-37-29-39(56-45(54-37)61-18-13-27(21-61)58(5)6)64(23-50-29)43-33(68)31(66)35(73-43)41(70)48-8-2/h22-27,30-35,42-43,65-68H,7-21H2,1-6H3,(H,47,69)(H,48,70)(H,51,53,55)(H,52,54,56)/t25-,26-,27-,30+,31+,32-,33-,34+,35+,42-,43-/m1/s1. The molecule has 10 heterocycles. The summed E-state index contributed by atoms with van der Waals surface area (Å²) in [5.41, 5.74) is 1.61. The molecule has 0 unspecified atom stereocenters. The fraction of sp³-hybridized carbons (Fsp3) is 0.717. The van der Waals surface area contributed by atoms with E-state index in [-0.39, 0.29) is 18.1 Å². The topological polar surface area (TPSA) is 305 Å². The Morgan fingerprint density at radius 2 is 1.03 bits per heavy atom. The molecule has 6 aliphatic heterocycles. The zero-order valence-corrected chi connectivity index (χ0v) is 42.3. The van der Waals surface area contributed by atoms with Gasteiger partial charge in [-0.1, -0.05) is 0 Å². The summed E-state index contributed by atoms with van der Waals surface area (Å²) in [5, 5.41) is 56.5. The molecule has 398 valence electrons. The average Bonchev–Trinajstić information content (AvgIpc) is 4.25. The predicted molar refractivity (Wildman–Crippen MR) is 266 cm³/mol. The van der Waals surface area contributed by atoms with Crippen LogP contribution in [-0.4, -0.2) is 251 Å². The van der Waals surface area contributed by atoms with Crippen LogP contribution >= 0.6 is 0 Å². The number of hydrogen-bond donors (Lipinski definition) is 8. The molecule has 27 nitrogen and oxygen atoms in total. The van der Waals surface area contributed by atoms with Crippen molar-refractivity contribution < 1.29 is 44.3 Å². The number of rotatable bonds is 14. The quantitative estimate of drug-likeness (QED) is 0.0674. The summed E-state index contributed by atoms with van der Waals surface area (Å²) in [4.78, 5) is 81.2. The molecule has 8 N–H and O–H groups in total. The molecule has 11 atom stereocenters. The fourth-order valence-corrected chi connectivity index (χ4v) is 11.0. The van der Waals surface area contributed by atoms with Crippen molar-refractivity contribution in [3.63, 3.8) is 0 Å². The van der Waals surface area contributed by atoms with Gasteiger partial charge in [-0.05, 0) is 74.1 Å². The molecule has 6 fully saturated rings. The fourth-order valence-electron chi connectivity index (χ4n) is 11.0. The van der Waals surface area contributed by atoms with Crippen LogP contribution in [0.25, 0.3) is 22.3 Å². The molecule has 6 aliphatic rings. The molecule has 4 amide bonds. The van der Waals surface area contributed by atoms with Crippen molar-refractivity contribution >= 4 is 63.7 Å². The summed E-state index contributed by atoms with van der Waals surface area (Å²) < 4.78 is 15.1. The van der Waals surface area contributed by atoms with Crippen molar-refractivity contribution in [2.24, 2.45) is 0 Å². The molecule has 10 rings (SSSR count). The molecule has 0 aliphatic carbocycles. The van der Waals surface area contributed by atoms with Gasteiger partial charge in [-0.3, -0.25) is 18.7 Å². The number of aliphatic hydroxyl groups excluding tert-OH is 4. The third-order valence-electron chi connectivity index (χ3n) is 15.3. The Labute approximate surface area is 422 Å². The zero-order chi connectivity index (χ0) is 51.4. The summed E-state index contributed by atoms with van der Waals surface area (Å²) in [6.07, 6.45) is -3.89. The Bertz CT molecular complexity index is 2650. The second-order valence-electron chi connectivity index (χ2n) is 20.5. The number of carbonyl (C=O) groups is 3. The number of imidazole rings is 2. The van der Waals surface area contributed by atoms with Crippen LogP contribution in [0.1, 0.15) is 58.4 Å². The highest BCUT2D eigenvalue weighted by Gasteiger charge is 2.49. The molecule has 73 heavy (non-hydrogen) atoms. The van der Waals surface area contributed by atoms with Crippen molar-refractivity contribution in [1.29, 1.82) is 0 Å². The minimum Gasteiger partial charge on any atom is -0.387 e. The monoisotopic (exact) mass is 1020 g/mol. The van der Waals surface area contributed by atoms with E-state index in [1.54, 1.807) is 23.0 Å². The number of piperidine rings is 1. The number of amides is 4. The maximum absolute atomic E-state index is 14.2. The van der Waals surface area contributed by atoms with Gasteiger partial charge in [0, 0.05) is 89.6 Å². The van der Waals surface area contributed by atoms with Crippen LogP contribution in [-0.2, 0) is 19.1 Å². The number of anilines is 4. The number of nitrogens with zero attached hydrogens (tertiary/aromatic N) is 14. The van der Waals surface area contributed by atoms with Crippen molar-refractivity contribution in [2.75, 3.05) is 114 Å². The number of carbonyl (C=O) groups excluding carboxylic acids is 3. The van der Waals surface area contributed by atoms with Crippen molar-refractivity contribution in [3.05, 3.63) is 12.7 Å². The van der Waals surface area contributed by atoms with Gasteiger partial charge in [0.15, 0.2) is 58.6 Å². The van der Waals surface area contributed by atoms with E-state index in [9.17, 15) is 34.8 Å². The first kappa shape index (κ1) is 50.7. The van der Waals surface area contributed by atoms with Crippen LogP contribution in [0.15, 0.2) is 12.7 Å². The van der Waals surface area contributed by atoms with Crippen LogP contribution in [0.5, 0.6) is 0 Å². The van der Waals surface area contributed by atoms with E-state index in [0.29, 0.717) is 130 Å². The molecule has 0 spiro atoms. The van der Waals surface area contributed by atoms with Gasteiger partial charge in [0.2, 0.25) is 11.9 Å². The SMILES string of the molecule is CCNC(=O)[C@H]1O[C@@H](n2cnc3c(NC4CCN(C(=O)N5CC[C@@H](Nc6nc(N7CC[C@@H](N(C)C)C7)nc7c6ncn7[C@@H]6O[C@H](C(=O)NCC)[C@@H](O)[C@H]6O)C5)CC4)nc(N4CC[C@@H](N(C)C)C4)nc32)[C@H](O)[C@@H]1O. The minimum atomic E-state index is -1.47. The highest BCUT2D eigenvalue weighted by Crippen LogP contribution is 2.37. The number of aromatic nitrogens is 8. The van der Waals surface area contributed by atoms with E-state index >= 15 is 0 Å². The lowest BCUT2D eigenvalue weighted by Crippen LogP contribution is -2.48. The van der Waals surface area contributed by atoms with Gasteiger partial charge in [-0.25, -0.2) is 14.8 Å². The number of ether oxygens (including phenoxy) is 2. The average molecular weight is 1020 g/mol. The van der Waals surface area contributed by atoms with E-state index in [2.05, 4.69) is 50.8 Å². The summed E-state index contributed by atoms with van der Waals surface area (Å²) in [5.74, 6) is 0.862. The highest BCUT2D eigenvalue weighted by atomic mass is 16.6. The molecule has 6 saturated heterocycles. The van der Waals surface area contributed by atoms with Gasteiger partial charge in [0.25, 0.3) is 11.8 Å². The summed E-state index contributed by atoms with van der Waals surface area (Å²) in [7, 11) is 8.19. The second kappa shape index (κ2) is 20.8. The lowest BCUT2D eigenvalue weighted by atomic mass is 10.1. The first-order valence-corrected chi connectivity index (χ1v) is 25.6. The van der Waals surface area contributed by atoms with Crippen LogP contribution in [0.3, 0.4) is 0 Å². The molecule has 27 heteroatoms. The van der Waals surface area contributed by atoms with Gasteiger partial charge in [0.1, 0.15) is 24.4 Å². The first-order valence-electron chi connectivity index (χ1n) is 25.6. The van der Waals surface area contributed by atoms with Crippen molar-refractivity contribution in [2.45, 2.75) is 119 Å². The summed E-state index contributed by atoms with van der Waals surface area (Å²) in [6.45, 7) is 9.00. The number of fused-ring (bicyclic) bond motifs is 2. The maximum Gasteiger partial charge on any atom is 0.320 e. The van der Waals surface area contributed by atoms with E-state index in [1.165, 1.54) is 12.7 Å². The molecule has 4 aromatic rings. The smallest absolute Gasteiger partial charge is 0.320 e. The Morgan fingerprint density at radius 3 is 1.47 bits per heavy atom. The molecular weight excluding hydrogens is 949 g/mol. The number of aliphatic hydroxyl groups is 4. The van der Waals surface area contributed by atoms with Gasteiger partial charge in [-0.15, -0.1) is 0 Å². The maximum atomic E-state index is 14.2. The Morgan fingerprint density at radius 1 is 0.589 bits per heavy atom. The molecule has 4 aromatic heterocycles. The lowest BCUT2D eigenvalue weighted by molar-refractivity contribution is -0.138. The van der Waals surface area contributed by atoms with Crippen LogP contribution in [0.4, 0.5) is 28.3 Å². The lowest BCUT2D eigenvalue weighted by Gasteiger charge is -2.35. The number of nitrogens with one attached hydrogen (secondary N) is 4. The summed E-state index contributed by atoms with van der Waals surface area (Å²) >= 11 is 0. The first-order chi connectivity index (χ1) is 35.1. The molecule has 0 aromatic carbocycles. The van der Waals surface area contributed by atoms with E-state index in [4.69, 9.17) is 29.4 Å². The molecule has 0 saturated carbocycles. The predicted octanol–water partition coefficient (Wildman–Crippen LogP) is -2.06. The van der Waals surface area contributed by atoms with Gasteiger partial charge in [0.05, 0.1) is 12.7 Å². The number of likely N-dealkylation sites (tertiary alicyclic amines) is 2. The van der Waals surface area contributed by atoms with Crippen molar-refractivity contribution in [3.8, 4) is 0 Å². The highest BCUT2D eigenvalue weighted by molar-refractivity contribution is 5.87. The molecule has 0 bridgehead atoms. The third kappa shape index (κ3) is 9.76. The number of likely N-dealkylation sites (N-methyl/N-ethyl adjacent to an activating group) is 4. The largest absolute Gasteiger partial charge is 0.387 e. The molecule has 0 radical (unpaired) electrons. The van der Waals surface area contributed by atoms with Crippen LogP contribution in [0, 0.1) is 0 Å². The number of urea groups is 1. The minimum absolute atomic E-state index is 0.0573. The van der Waals surface area contributed by atoms with Crippen LogP contribution < -0.4 is 31.1 Å². The van der Waals surface area contributed by atoms with E-state index in [0.717, 1.165) is 25.9 Å². The Kier molecular flexibility index (Phi) is 14.5. The van der Waals surface area contributed by atoms with Gasteiger partial charge in [-0.2, -0.15) is 19.9 Å². The third-order valence-corrected chi connectivity index (χ3v) is 15.3. The number of hydrogen-bond acceptors (Lipinski definition) is 21.